The normalized spacial score (nSPS) is 13.5. The molecule has 0 saturated heterocycles. The fourth-order valence-electron chi connectivity index (χ4n) is 6.59. The average molecular weight is 447 g/mol. The molecule has 0 saturated carbocycles. The van der Waals surface area contributed by atoms with Gasteiger partial charge in [0.25, 0.3) is 0 Å². The van der Waals surface area contributed by atoms with Crippen LogP contribution < -0.4 is 0 Å². The summed E-state index contributed by atoms with van der Waals surface area (Å²) in [4.78, 5) is 14.0. The molecule has 0 unspecified atom stereocenters. The van der Waals surface area contributed by atoms with E-state index in [2.05, 4.69) is 75.0 Å². The maximum absolute atomic E-state index is 5.15. The van der Waals surface area contributed by atoms with Crippen LogP contribution in [0.2, 0.25) is 0 Å². The largest absolute Gasteiger partial charge is 0.290 e. The van der Waals surface area contributed by atoms with E-state index in [1.165, 1.54) is 50.0 Å². The third-order valence-electron chi connectivity index (χ3n) is 8.03. The summed E-state index contributed by atoms with van der Waals surface area (Å²) in [5, 5.41) is 3.38. The smallest absolute Gasteiger partial charge is 0.146 e. The first-order valence-corrected chi connectivity index (χ1v) is 12.0. The molecule has 0 atom stereocenters. The van der Waals surface area contributed by atoms with Crippen LogP contribution in [0.15, 0.2) is 85.5 Å². The summed E-state index contributed by atoms with van der Waals surface area (Å²) in [5.41, 5.74) is 15.5. The molecule has 0 N–H and O–H groups in total. The SMILES string of the molecule is c1ccc2c(c1)Cc1ccc3c(c1-2)Cc1c-3ccc2nc3c4ccncc4c4ccncc4n3c12. The predicted molar refractivity (Wildman–Crippen MR) is 140 cm³/mol. The average Bonchev–Trinajstić information content (AvgIpc) is 3.59. The third-order valence-corrected chi connectivity index (χ3v) is 8.03. The van der Waals surface area contributed by atoms with E-state index in [-0.39, 0.29) is 0 Å². The van der Waals surface area contributed by atoms with E-state index in [1.54, 1.807) is 0 Å². The van der Waals surface area contributed by atoms with Crippen molar-refractivity contribution in [1.29, 1.82) is 0 Å². The minimum Gasteiger partial charge on any atom is -0.290 e. The Hall–Kier alpha value is -4.57. The van der Waals surface area contributed by atoms with Crippen LogP contribution in [-0.4, -0.2) is 19.4 Å². The van der Waals surface area contributed by atoms with E-state index in [4.69, 9.17) is 4.98 Å². The molecule has 2 aliphatic carbocycles. The number of hydrogen-bond donors (Lipinski definition) is 0. The first-order valence-electron chi connectivity index (χ1n) is 12.0. The fraction of sp³-hybridized carbons (Fsp3) is 0.0645. The Morgan fingerprint density at radius 1 is 0.629 bits per heavy atom. The van der Waals surface area contributed by atoms with Crippen LogP contribution in [0.4, 0.5) is 0 Å². The molecule has 0 radical (unpaired) electrons. The van der Waals surface area contributed by atoms with Crippen molar-refractivity contribution in [2.75, 3.05) is 0 Å². The Labute approximate surface area is 200 Å². The lowest BCUT2D eigenvalue weighted by molar-refractivity contribution is 1.22. The van der Waals surface area contributed by atoms with Crippen LogP contribution in [0.3, 0.4) is 0 Å². The van der Waals surface area contributed by atoms with Crippen molar-refractivity contribution in [2.45, 2.75) is 12.8 Å². The van der Waals surface area contributed by atoms with Gasteiger partial charge in [0.1, 0.15) is 5.65 Å². The van der Waals surface area contributed by atoms with E-state index < -0.39 is 0 Å². The molecular weight excluding hydrogens is 428 g/mol. The Balaban J connectivity index is 1.42. The number of fused-ring (bicyclic) bond motifs is 16. The lowest BCUT2D eigenvalue weighted by Gasteiger charge is -2.09. The molecule has 162 valence electrons. The van der Waals surface area contributed by atoms with Crippen molar-refractivity contribution in [3.05, 3.63) is 108 Å². The summed E-state index contributed by atoms with van der Waals surface area (Å²) < 4.78 is 2.33. The fourth-order valence-corrected chi connectivity index (χ4v) is 6.59. The highest BCUT2D eigenvalue weighted by Gasteiger charge is 2.30. The molecule has 0 aliphatic heterocycles. The van der Waals surface area contributed by atoms with Gasteiger partial charge >= 0.3 is 0 Å². The van der Waals surface area contributed by atoms with E-state index in [1.807, 2.05) is 24.8 Å². The maximum atomic E-state index is 5.15. The Kier molecular flexibility index (Phi) is 3.11. The molecule has 3 aromatic carbocycles. The standard InChI is InChI=1S/C31H18N4/c1-2-4-19-17(3-1)13-18-5-6-20-21-7-8-27-30(25(21)14-24(20)29(18)19)35-28-16-33-11-9-22(28)26-15-32-12-10-23(26)31(35)34-27/h1-12,15-16H,13-14H2. The van der Waals surface area contributed by atoms with Crippen molar-refractivity contribution in [3.8, 4) is 22.3 Å². The van der Waals surface area contributed by atoms with Crippen LogP contribution in [0.1, 0.15) is 22.3 Å². The van der Waals surface area contributed by atoms with Gasteiger partial charge in [-0.15, -0.1) is 0 Å². The summed E-state index contributed by atoms with van der Waals surface area (Å²) in [5.74, 6) is 0. The number of hydrogen-bond acceptors (Lipinski definition) is 3. The molecule has 4 heteroatoms. The Morgan fingerprint density at radius 3 is 2.43 bits per heavy atom. The van der Waals surface area contributed by atoms with Crippen LogP contribution in [0, 0.1) is 0 Å². The van der Waals surface area contributed by atoms with E-state index in [0.717, 1.165) is 45.7 Å². The molecule has 0 spiro atoms. The van der Waals surface area contributed by atoms with Crippen LogP contribution in [-0.2, 0) is 12.8 Å². The monoisotopic (exact) mass is 446 g/mol. The molecule has 4 heterocycles. The van der Waals surface area contributed by atoms with Crippen LogP contribution in [0.5, 0.6) is 0 Å². The van der Waals surface area contributed by atoms with Gasteiger partial charge in [-0.05, 0) is 69.1 Å². The van der Waals surface area contributed by atoms with Gasteiger partial charge < -0.3 is 0 Å². The summed E-state index contributed by atoms with van der Waals surface area (Å²) in [6.45, 7) is 0. The Morgan fingerprint density at radius 2 is 1.46 bits per heavy atom. The molecule has 4 aromatic heterocycles. The second kappa shape index (κ2) is 6.10. The molecule has 4 nitrogen and oxygen atoms in total. The van der Waals surface area contributed by atoms with Gasteiger partial charge in [0.05, 0.1) is 22.7 Å². The molecule has 0 bridgehead atoms. The lowest BCUT2D eigenvalue weighted by atomic mass is 9.95. The molecule has 35 heavy (non-hydrogen) atoms. The van der Waals surface area contributed by atoms with Gasteiger partial charge in [-0.3, -0.25) is 14.4 Å². The molecule has 9 rings (SSSR count). The Bertz CT molecular complexity index is 2070. The zero-order valence-electron chi connectivity index (χ0n) is 18.8. The number of rotatable bonds is 0. The molecule has 7 aromatic rings. The maximum Gasteiger partial charge on any atom is 0.146 e. The highest BCUT2D eigenvalue weighted by molar-refractivity contribution is 6.14. The van der Waals surface area contributed by atoms with Gasteiger partial charge in [-0.2, -0.15) is 0 Å². The second-order valence-electron chi connectivity index (χ2n) is 9.68. The second-order valence-corrected chi connectivity index (χ2v) is 9.68. The van der Waals surface area contributed by atoms with Crippen molar-refractivity contribution in [2.24, 2.45) is 0 Å². The molecular formula is C31H18N4. The third kappa shape index (κ3) is 2.11. The van der Waals surface area contributed by atoms with Gasteiger partial charge in [-0.25, -0.2) is 4.98 Å². The van der Waals surface area contributed by atoms with Crippen molar-refractivity contribution < 1.29 is 0 Å². The zero-order valence-corrected chi connectivity index (χ0v) is 18.8. The number of imidazole rings is 1. The van der Waals surface area contributed by atoms with Gasteiger partial charge in [0.15, 0.2) is 0 Å². The first-order chi connectivity index (χ1) is 17.4. The van der Waals surface area contributed by atoms with Gasteiger partial charge in [0, 0.05) is 41.2 Å². The summed E-state index contributed by atoms with van der Waals surface area (Å²) in [6.07, 6.45) is 9.57. The van der Waals surface area contributed by atoms with E-state index >= 15 is 0 Å². The minimum absolute atomic E-state index is 0.920. The molecule has 0 amide bonds. The molecule has 2 aliphatic rings. The predicted octanol–water partition coefficient (Wildman–Crippen LogP) is 6.73. The number of pyridine rings is 3. The van der Waals surface area contributed by atoms with Crippen LogP contribution in [0.25, 0.3) is 60.6 Å². The molecule has 0 fully saturated rings. The summed E-state index contributed by atoms with van der Waals surface area (Å²) in [7, 11) is 0. The lowest BCUT2D eigenvalue weighted by Crippen LogP contribution is -1.95. The van der Waals surface area contributed by atoms with Gasteiger partial charge in [0.2, 0.25) is 0 Å². The quantitative estimate of drug-likeness (QED) is 0.243. The topological polar surface area (TPSA) is 43.1 Å². The number of aromatic nitrogens is 4. The van der Waals surface area contributed by atoms with E-state index in [9.17, 15) is 0 Å². The van der Waals surface area contributed by atoms with E-state index in [0.29, 0.717) is 0 Å². The first kappa shape index (κ1) is 17.8. The number of benzene rings is 3. The van der Waals surface area contributed by atoms with Crippen molar-refractivity contribution >= 4 is 38.4 Å². The minimum atomic E-state index is 0.920. The van der Waals surface area contributed by atoms with Crippen molar-refractivity contribution in [1.82, 2.24) is 19.4 Å². The van der Waals surface area contributed by atoms with Crippen LogP contribution >= 0.6 is 0 Å². The van der Waals surface area contributed by atoms with Gasteiger partial charge in [-0.1, -0.05) is 42.5 Å². The highest BCUT2D eigenvalue weighted by atomic mass is 15.0. The highest BCUT2D eigenvalue weighted by Crippen LogP contribution is 2.49. The summed E-state index contributed by atoms with van der Waals surface area (Å²) in [6, 6.07) is 22.2. The number of nitrogens with zero attached hydrogens (tertiary/aromatic N) is 4. The summed E-state index contributed by atoms with van der Waals surface area (Å²) >= 11 is 0. The zero-order chi connectivity index (χ0) is 22.7. The van der Waals surface area contributed by atoms with Crippen molar-refractivity contribution in [3.63, 3.8) is 0 Å².